The molecule has 25 heavy (non-hydrogen) atoms. The number of benzene rings is 2. The number of aliphatic hydroxyl groups is 1. The van der Waals surface area contributed by atoms with Gasteiger partial charge in [0.2, 0.25) is 0 Å². The Kier molecular flexibility index (Phi) is 6.44. The van der Waals surface area contributed by atoms with Gasteiger partial charge < -0.3 is 15.3 Å². The van der Waals surface area contributed by atoms with E-state index in [1.807, 2.05) is 24.3 Å². The molecule has 2 rings (SSSR count). The van der Waals surface area contributed by atoms with Crippen LogP contribution < -0.4 is 5.32 Å². The van der Waals surface area contributed by atoms with Crippen LogP contribution in [0.5, 0.6) is 0 Å². The van der Waals surface area contributed by atoms with E-state index in [2.05, 4.69) is 21.2 Å². The largest absolute Gasteiger partial charge is 0.416 e. The summed E-state index contributed by atoms with van der Waals surface area (Å²) in [5, 5.41) is 11.7. The number of nitrogens with one attached hydrogen (secondary N) is 1. The molecular formula is C17H16BrF3N2O2. The zero-order valence-corrected chi connectivity index (χ0v) is 14.6. The quantitative estimate of drug-likeness (QED) is 0.753. The number of alkyl halides is 3. The molecule has 2 N–H and O–H groups in total. The molecule has 0 aliphatic rings. The van der Waals surface area contributed by atoms with Gasteiger partial charge in [-0.1, -0.05) is 34.1 Å². The number of rotatable bonds is 5. The fourth-order valence-electron chi connectivity index (χ4n) is 2.15. The molecule has 8 heteroatoms. The smallest absolute Gasteiger partial charge is 0.395 e. The van der Waals surface area contributed by atoms with Crippen molar-refractivity contribution in [3.05, 3.63) is 64.1 Å². The molecule has 2 aromatic carbocycles. The Balaban J connectivity index is 2.08. The van der Waals surface area contributed by atoms with Crippen LogP contribution in [0.1, 0.15) is 11.1 Å². The van der Waals surface area contributed by atoms with E-state index >= 15 is 0 Å². The highest BCUT2D eigenvalue weighted by molar-refractivity contribution is 9.10. The molecule has 4 nitrogen and oxygen atoms in total. The number of carbonyl (C=O) groups excluding carboxylic acids is 1. The lowest BCUT2D eigenvalue weighted by Crippen LogP contribution is -2.36. The van der Waals surface area contributed by atoms with Crippen LogP contribution in [0.2, 0.25) is 0 Å². The van der Waals surface area contributed by atoms with E-state index in [1.165, 1.54) is 17.0 Å². The highest BCUT2D eigenvalue weighted by Crippen LogP contribution is 2.29. The average Bonchev–Trinajstić information content (AvgIpc) is 2.56. The molecule has 2 amide bonds. The standard InChI is InChI=1S/C17H16BrF3N2O2/c18-15-4-2-1-3-12(15)11-23(9-10-24)16(25)22-14-7-5-13(6-8-14)17(19,20)21/h1-8,24H,9-11H2,(H,22,25). The van der Waals surface area contributed by atoms with Crippen molar-refractivity contribution in [1.82, 2.24) is 4.90 Å². The first-order chi connectivity index (χ1) is 11.8. The zero-order valence-electron chi connectivity index (χ0n) is 13.1. The number of halogens is 4. The van der Waals surface area contributed by atoms with Gasteiger partial charge in [-0.15, -0.1) is 0 Å². The van der Waals surface area contributed by atoms with Gasteiger partial charge in [0.25, 0.3) is 0 Å². The fourth-order valence-corrected chi connectivity index (χ4v) is 2.56. The normalized spacial score (nSPS) is 11.2. The van der Waals surface area contributed by atoms with E-state index in [1.54, 1.807) is 0 Å². The van der Waals surface area contributed by atoms with Crippen molar-refractivity contribution in [2.45, 2.75) is 12.7 Å². The van der Waals surface area contributed by atoms with Gasteiger partial charge in [0.15, 0.2) is 0 Å². The highest BCUT2D eigenvalue weighted by Gasteiger charge is 2.30. The molecule has 0 bridgehead atoms. The van der Waals surface area contributed by atoms with Crippen LogP contribution >= 0.6 is 15.9 Å². The Morgan fingerprint density at radius 3 is 2.32 bits per heavy atom. The van der Waals surface area contributed by atoms with Gasteiger partial charge in [-0.2, -0.15) is 13.2 Å². The number of amides is 2. The SMILES string of the molecule is O=C(Nc1ccc(C(F)(F)F)cc1)N(CCO)Cc1ccccc1Br. The number of anilines is 1. The molecule has 0 atom stereocenters. The lowest BCUT2D eigenvalue weighted by Gasteiger charge is -2.23. The highest BCUT2D eigenvalue weighted by atomic mass is 79.9. The van der Waals surface area contributed by atoms with Crippen molar-refractivity contribution >= 4 is 27.6 Å². The van der Waals surface area contributed by atoms with Crippen molar-refractivity contribution in [2.24, 2.45) is 0 Å². The second-order valence-electron chi connectivity index (χ2n) is 5.24. The lowest BCUT2D eigenvalue weighted by atomic mass is 10.2. The van der Waals surface area contributed by atoms with Crippen molar-refractivity contribution < 1.29 is 23.1 Å². The van der Waals surface area contributed by atoms with Crippen LogP contribution in [0.4, 0.5) is 23.7 Å². The summed E-state index contributed by atoms with van der Waals surface area (Å²) in [6, 6.07) is 11.0. The number of hydrogen-bond donors (Lipinski definition) is 2. The van der Waals surface area contributed by atoms with Crippen LogP contribution in [0.15, 0.2) is 53.0 Å². The second-order valence-corrected chi connectivity index (χ2v) is 6.10. The van der Waals surface area contributed by atoms with Gasteiger partial charge in [-0.05, 0) is 35.9 Å². The predicted molar refractivity (Wildman–Crippen MR) is 92.1 cm³/mol. The van der Waals surface area contributed by atoms with E-state index in [0.717, 1.165) is 22.2 Å². The molecule has 0 saturated carbocycles. The van der Waals surface area contributed by atoms with E-state index in [0.29, 0.717) is 0 Å². The number of carbonyl (C=O) groups is 1. The Labute approximate surface area is 151 Å². The van der Waals surface area contributed by atoms with Gasteiger partial charge in [0, 0.05) is 23.2 Å². The summed E-state index contributed by atoms with van der Waals surface area (Å²) < 4.78 is 38.5. The molecule has 0 aliphatic carbocycles. The Hall–Kier alpha value is -2.06. The third kappa shape index (κ3) is 5.47. The van der Waals surface area contributed by atoms with Crippen LogP contribution in [-0.4, -0.2) is 29.2 Å². The van der Waals surface area contributed by atoms with E-state index in [4.69, 9.17) is 5.11 Å². The number of nitrogens with zero attached hydrogens (tertiary/aromatic N) is 1. The van der Waals surface area contributed by atoms with Gasteiger partial charge in [0.1, 0.15) is 0 Å². The van der Waals surface area contributed by atoms with Gasteiger partial charge in [-0.25, -0.2) is 4.79 Å². The Bertz CT molecular complexity index is 721. The van der Waals surface area contributed by atoms with Crippen molar-refractivity contribution in [1.29, 1.82) is 0 Å². The average molecular weight is 417 g/mol. The van der Waals surface area contributed by atoms with Crippen molar-refractivity contribution in [3.8, 4) is 0 Å². The molecule has 0 heterocycles. The first-order valence-electron chi connectivity index (χ1n) is 7.38. The minimum Gasteiger partial charge on any atom is -0.395 e. The number of urea groups is 1. The summed E-state index contributed by atoms with van der Waals surface area (Å²) in [6.45, 7) is 0.104. The van der Waals surface area contributed by atoms with Gasteiger partial charge in [-0.3, -0.25) is 0 Å². The van der Waals surface area contributed by atoms with E-state index in [9.17, 15) is 18.0 Å². The molecule has 134 valence electrons. The third-order valence-corrected chi connectivity index (χ3v) is 4.21. The summed E-state index contributed by atoms with van der Waals surface area (Å²) in [7, 11) is 0. The maximum atomic E-state index is 12.6. The maximum absolute atomic E-state index is 12.6. The molecule has 2 aromatic rings. The monoisotopic (exact) mass is 416 g/mol. The maximum Gasteiger partial charge on any atom is 0.416 e. The van der Waals surface area contributed by atoms with Crippen LogP contribution in [0, 0.1) is 0 Å². The Morgan fingerprint density at radius 2 is 1.76 bits per heavy atom. The lowest BCUT2D eigenvalue weighted by molar-refractivity contribution is -0.137. The molecule has 0 spiro atoms. The second kappa shape index (κ2) is 8.35. The van der Waals surface area contributed by atoms with Crippen LogP contribution in [-0.2, 0) is 12.7 Å². The summed E-state index contributed by atoms with van der Waals surface area (Å²) in [5.74, 6) is 0. The molecule has 0 aromatic heterocycles. The minimum absolute atomic E-state index is 0.0911. The fraction of sp³-hybridized carbons (Fsp3) is 0.235. The summed E-state index contributed by atoms with van der Waals surface area (Å²) in [5.41, 5.74) is 0.303. The number of aliphatic hydroxyl groups excluding tert-OH is 1. The molecule has 0 fully saturated rings. The summed E-state index contributed by atoms with van der Waals surface area (Å²) >= 11 is 3.39. The predicted octanol–water partition coefficient (Wildman–Crippen LogP) is 4.49. The first-order valence-corrected chi connectivity index (χ1v) is 8.18. The molecule has 0 aliphatic heterocycles. The van der Waals surface area contributed by atoms with E-state index < -0.39 is 17.8 Å². The topological polar surface area (TPSA) is 52.6 Å². The Morgan fingerprint density at radius 1 is 1.12 bits per heavy atom. The van der Waals surface area contributed by atoms with Crippen LogP contribution in [0.25, 0.3) is 0 Å². The third-order valence-electron chi connectivity index (χ3n) is 3.44. The number of hydrogen-bond acceptors (Lipinski definition) is 2. The van der Waals surface area contributed by atoms with E-state index in [-0.39, 0.29) is 25.4 Å². The van der Waals surface area contributed by atoms with Gasteiger partial charge >= 0.3 is 12.2 Å². The molecule has 0 radical (unpaired) electrons. The van der Waals surface area contributed by atoms with Crippen molar-refractivity contribution in [2.75, 3.05) is 18.5 Å². The molecule has 0 unspecified atom stereocenters. The van der Waals surface area contributed by atoms with Crippen molar-refractivity contribution in [3.63, 3.8) is 0 Å². The van der Waals surface area contributed by atoms with Gasteiger partial charge in [0.05, 0.1) is 12.2 Å². The summed E-state index contributed by atoms with van der Waals surface area (Å²) in [6.07, 6.45) is -4.43. The summed E-state index contributed by atoms with van der Waals surface area (Å²) in [4.78, 5) is 13.7. The first kappa shape index (κ1) is 19.3. The minimum atomic E-state index is -4.43. The molecule has 0 saturated heterocycles. The van der Waals surface area contributed by atoms with Crippen LogP contribution in [0.3, 0.4) is 0 Å². The zero-order chi connectivity index (χ0) is 18.4. The molecular weight excluding hydrogens is 401 g/mol.